The van der Waals surface area contributed by atoms with E-state index in [4.69, 9.17) is 18.9 Å². The lowest BCUT2D eigenvalue weighted by Gasteiger charge is -2.35. The maximum Gasteiger partial charge on any atom is 0.307 e. The Morgan fingerprint density at radius 1 is 1.09 bits per heavy atom. The van der Waals surface area contributed by atoms with Crippen LogP contribution in [0.1, 0.15) is 80.6 Å². The monoisotopic (exact) mass is 464 g/mol. The molecule has 1 unspecified atom stereocenters. The molecule has 3 atom stereocenters. The van der Waals surface area contributed by atoms with Gasteiger partial charge in [-0.25, -0.2) is 0 Å². The first-order valence-electron chi connectivity index (χ1n) is 11.6. The Morgan fingerprint density at radius 3 is 2.36 bits per heavy atom. The van der Waals surface area contributed by atoms with Crippen LogP contribution >= 0.6 is 0 Å². The molecule has 1 aliphatic rings. The smallest absolute Gasteiger partial charge is 0.307 e. The van der Waals surface area contributed by atoms with Crippen LogP contribution in [0.15, 0.2) is 35.1 Å². The second-order valence-corrected chi connectivity index (χ2v) is 9.10. The third-order valence-corrected chi connectivity index (χ3v) is 5.60. The molecule has 1 fully saturated rings. The number of hydrogen-bond acceptors (Lipinski definition) is 7. The lowest BCUT2D eigenvalue weighted by atomic mass is 9.88. The van der Waals surface area contributed by atoms with Crippen LogP contribution in [-0.2, 0) is 33.3 Å². The fraction of sp³-hybridized carbons (Fsp3) is 0.654. The van der Waals surface area contributed by atoms with Crippen molar-refractivity contribution in [3.8, 4) is 0 Å². The standard InChI is InChI=1S/C26H40O7/c1-18(2)10-12-24(32-21(5)28)19(3)9-8-15-26(7)25(33-22(6)29)13-11-23(17-31-26)14-16-30-20(4)27/h10,12,14,19,25H,8-9,11,13,15-17H2,1-7H3/t19?,25-,26+/m1/s1. The molecule has 1 rings (SSSR count). The highest BCUT2D eigenvalue weighted by molar-refractivity contribution is 5.67. The Bertz CT molecular complexity index is 774. The first kappa shape index (κ1) is 28.6. The first-order chi connectivity index (χ1) is 15.4. The third-order valence-electron chi connectivity index (χ3n) is 5.60. The molecule has 0 aromatic carbocycles. The van der Waals surface area contributed by atoms with E-state index in [1.807, 2.05) is 45.9 Å². The first-order valence-corrected chi connectivity index (χ1v) is 11.6. The van der Waals surface area contributed by atoms with Crippen molar-refractivity contribution in [3.63, 3.8) is 0 Å². The summed E-state index contributed by atoms with van der Waals surface area (Å²) < 4.78 is 22.3. The topological polar surface area (TPSA) is 88.1 Å². The summed E-state index contributed by atoms with van der Waals surface area (Å²) in [6.07, 6.45) is 8.88. The van der Waals surface area contributed by atoms with Crippen LogP contribution in [-0.4, -0.2) is 42.8 Å². The molecule has 0 aromatic rings. The molecule has 0 N–H and O–H groups in total. The lowest BCUT2D eigenvalue weighted by Crippen LogP contribution is -2.43. The third kappa shape index (κ3) is 11.3. The number of ether oxygens (including phenoxy) is 4. The highest BCUT2D eigenvalue weighted by atomic mass is 16.6. The molecule has 33 heavy (non-hydrogen) atoms. The van der Waals surface area contributed by atoms with E-state index in [2.05, 4.69) is 0 Å². The molecule has 7 nitrogen and oxygen atoms in total. The van der Waals surface area contributed by atoms with Crippen molar-refractivity contribution >= 4 is 17.9 Å². The Labute approximate surface area is 198 Å². The van der Waals surface area contributed by atoms with Crippen molar-refractivity contribution in [2.24, 2.45) is 5.92 Å². The molecule has 7 heteroatoms. The van der Waals surface area contributed by atoms with Crippen LogP contribution in [0.25, 0.3) is 0 Å². The molecule has 0 aliphatic carbocycles. The minimum Gasteiger partial charge on any atom is -0.462 e. The average molecular weight is 465 g/mol. The summed E-state index contributed by atoms with van der Waals surface area (Å²) in [5.41, 5.74) is 1.49. The quantitative estimate of drug-likeness (QED) is 0.144. The van der Waals surface area contributed by atoms with E-state index in [0.717, 1.165) is 24.0 Å². The number of carbonyl (C=O) groups is 3. The molecule has 0 saturated carbocycles. The van der Waals surface area contributed by atoms with Crippen LogP contribution in [0.2, 0.25) is 0 Å². The summed E-state index contributed by atoms with van der Waals surface area (Å²) >= 11 is 0. The molecule has 0 amide bonds. The van der Waals surface area contributed by atoms with E-state index in [9.17, 15) is 14.4 Å². The maximum absolute atomic E-state index is 11.7. The molecule has 1 heterocycles. The highest BCUT2D eigenvalue weighted by Gasteiger charge is 2.39. The van der Waals surface area contributed by atoms with Crippen LogP contribution in [0.4, 0.5) is 0 Å². The van der Waals surface area contributed by atoms with E-state index in [0.29, 0.717) is 31.6 Å². The van der Waals surface area contributed by atoms with Gasteiger partial charge in [-0.2, -0.15) is 0 Å². The van der Waals surface area contributed by atoms with Gasteiger partial charge in [-0.05, 0) is 70.6 Å². The maximum atomic E-state index is 11.7. The summed E-state index contributed by atoms with van der Waals surface area (Å²) in [5, 5.41) is 0. The zero-order valence-corrected chi connectivity index (χ0v) is 21.2. The van der Waals surface area contributed by atoms with E-state index >= 15 is 0 Å². The van der Waals surface area contributed by atoms with Crippen molar-refractivity contribution in [1.29, 1.82) is 0 Å². The summed E-state index contributed by atoms with van der Waals surface area (Å²) in [6.45, 7) is 12.8. The molecule has 1 aliphatic heterocycles. The van der Waals surface area contributed by atoms with E-state index in [1.165, 1.54) is 20.8 Å². The SMILES string of the molecule is CC(=O)OCC=C1CC[C@@H](OC(C)=O)[C@](C)(CCCC(C)C(=CC=C(C)C)OC(C)=O)OC1. The van der Waals surface area contributed by atoms with Gasteiger partial charge in [0.15, 0.2) is 0 Å². The van der Waals surface area contributed by atoms with Gasteiger partial charge in [0, 0.05) is 26.7 Å². The Morgan fingerprint density at radius 2 is 1.79 bits per heavy atom. The summed E-state index contributed by atoms with van der Waals surface area (Å²) in [6, 6.07) is 0. The molecular weight excluding hydrogens is 424 g/mol. The Kier molecular flexibility index (Phi) is 12.1. The van der Waals surface area contributed by atoms with Crippen molar-refractivity contribution in [3.05, 3.63) is 35.1 Å². The van der Waals surface area contributed by atoms with Gasteiger partial charge in [0.2, 0.25) is 0 Å². The van der Waals surface area contributed by atoms with Gasteiger partial charge < -0.3 is 18.9 Å². The predicted molar refractivity (Wildman–Crippen MR) is 126 cm³/mol. The van der Waals surface area contributed by atoms with Crippen molar-refractivity contribution in [2.45, 2.75) is 92.3 Å². The fourth-order valence-electron chi connectivity index (χ4n) is 3.71. The van der Waals surface area contributed by atoms with Crippen molar-refractivity contribution in [2.75, 3.05) is 13.2 Å². The van der Waals surface area contributed by atoms with E-state index < -0.39 is 5.60 Å². The summed E-state index contributed by atoms with van der Waals surface area (Å²) in [7, 11) is 0. The number of rotatable bonds is 10. The Balaban J connectivity index is 2.86. The molecule has 186 valence electrons. The minimum atomic E-state index is -0.645. The highest BCUT2D eigenvalue weighted by Crippen LogP contribution is 2.34. The zero-order valence-electron chi connectivity index (χ0n) is 21.2. The van der Waals surface area contributed by atoms with Gasteiger partial charge >= 0.3 is 17.9 Å². The van der Waals surface area contributed by atoms with Crippen LogP contribution in [0.3, 0.4) is 0 Å². The molecule has 0 radical (unpaired) electrons. The van der Waals surface area contributed by atoms with Gasteiger partial charge in [-0.15, -0.1) is 0 Å². The number of allylic oxidation sites excluding steroid dienone is 4. The average Bonchev–Trinajstić information content (AvgIpc) is 2.84. The summed E-state index contributed by atoms with van der Waals surface area (Å²) in [5.74, 6) is -0.312. The van der Waals surface area contributed by atoms with Gasteiger partial charge in [0.05, 0.1) is 6.61 Å². The summed E-state index contributed by atoms with van der Waals surface area (Å²) in [4.78, 5) is 34.3. The largest absolute Gasteiger partial charge is 0.462 e. The normalized spacial score (nSPS) is 23.3. The lowest BCUT2D eigenvalue weighted by molar-refractivity contribution is -0.167. The zero-order chi connectivity index (χ0) is 25.0. The predicted octanol–water partition coefficient (Wildman–Crippen LogP) is 5.20. The molecule has 0 aromatic heterocycles. The molecule has 1 saturated heterocycles. The van der Waals surface area contributed by atoms with Gasteiger partial charge in [-0.1, -0.05) is 18.6 Å². The van der Waals surface area contributed by atoms with Gasteiger partial charge in [-0.3, -0.25) is 14.4 Å². The Hall–Kier alpha value is -2.41. The second-order valence-electron chi connectivity index (χ2n) is 9.10. The van der Waals surface area contributed by atoms with Crippen LogP contribution in [0, 0.1) is 5.92 Å². The molecule has 0 spiro atoms. The molecular formula is C26H40O7. The second kappa shape index (κ2) is 14.0. The van der Waals surface area contributed by atoms with Crippen molar-refractivity contribution < 1.29 is 33.3 Å². The van der Waals surface area contributed by atoms with Gasteiger partial charge in [0.1, 0.15) is 24.1 Å². The van der Waals surface area contributed by atoms with Crippen molar-refractivity contribution in [1.82, 2.24) is 0 Å². The number of carbonyl (C=O) groups excluding carboxylic acids is 3. The van der Waals surface area contributed by atoms with Gasteiger partial charge in [0.25, 0.3) is 0 Å². The minimum absolute atomic E-state index is 0.0465. The fourth-order valence-corrected chi connectivity index (χ4v) is 3.71. The number of hydrogen-bond donors (Lipinski definition) is 0. The van der Waals surface area contributed by atoms with Crippen LogP contribution < -0.4 is 0 Å². The molecule has 0 bridgehead atoms. The van der Waals surface area contributed by atoms with E-state index in [-0.39, 0.29) is 36.5 Å². The number of esters is 3. The van der Waals surface area contributed by atoms with E-state index in [1.54, 1.807) is 0 Å². The van der Waals surface area contributed by atoms with Crippen LogP contribution in [0.5, 0.6) is 0 Å².